The van der Waals surface area contributed by atoms with Gasteiger partial charge in [-0.3, -0.25) is 0 Å². The Morgan fingerprint density at radius 3 is 2.85 bits per heavy atom. The van der Waals surface area contributed by atoms with Crippen LogP contribution in [0.4, 0.5) is 0 Å². The van der Waals surface area contributed by atoms with Crippen LogP contribution < -0.4 is 5.32 Å². The molecule has 2 N–H and O–H groups in total. The van der Waals surface area contributed by atoms with Crippen LogP contribution in [0.15, 0.2) is 38.5 Å². The van der Waals surface area contributed by atoms with E-state index in [1.54, 1.807) is 23.8 Å². The molecule has 110 valence electrons. The Morgan fingerprint density at radius 1 is 1.45 bits per heavy atom. The van der Waals surface area contributed by atoms with Gasteiger partial charge in [0.2, 0.25) is 0 Å². The van der Waals surface area contributed by atoms with E-state index in [1.165, 1.54) is 0 Å². The van der Waals surface area contributed by atoms with Crippen molar-refractivity contribution in [1.29, 1.82) is 0 Å². The van der Waals surface area contributed by atoms with Crippen LogP contribution in [0.2, 0.25) is 0 Å². The Balaban J connectivity index is 1.81. The largest absolute Gasteiger partial charge is 0.468 e. The van der Waals surface area contributed by atoms with Gasteiger partial charge in [0.05, 0.1) is 24.7 Å². The maximum Gasteiger partial charge on any atom is 0.190 e. The topological polar surface area (TPSA) is 79.5 Å². The number of furan rings is 1. The van der Waals surface area contributed by atoms with Crippen molar-refractivity contribution < 1.29 is 17.9 Å². The Hall–Kier alpha value is -1.15. The zero-order chi connectivity index (χ0) is 14.6. The van der Waals surface area contributed by atoms with Crippen molar-refractivity contribution in [2.45, 2.75) is 23.8 Å². The van der Waals surface area contributed by atoms with Crippen LogP contribution in [0.5, 0.6) is 0 Å². The van der Waals surface area contributed by atoms with Crippen LogP contribution in [0.3, 0.4) is 0 Å². The van der Waals surface area contributed by atoms with Crippen molar-refractivity contribution in [2.75, 3.05) is 12.3 Å². The fraction of sp³-hybridized carbons (Fsp3) is 0.385. The lowest BCUT2D eigenvalue weighted by Crippen LogP contribution is -2.32. The minimum atomic E-state index is -3.40. The molecule has 1 atom stereocenters. The molecule has 0 saturated heterocycles. The number of sulfone groups is 1. The van der Waals surface area contributed by atoms with Gasteiger partial charge in [-0.25, -0.2) is 8.42 Å². The zero-order valence-corrected chi connectivity index (χ0v) is 12.7. The lowest BCUT2D eigenvalue weighted by Gasteiger charge is -2.11. The van der Waals surface area contributed by atoms with Gasteiger partial charge in [-0.2, -0.15) is 0 Å². The summed E-state index contributed by atoms with van der Waals surface area (Å²) in [5.74, 6) is 0.510. The number of hydrogen-bond acceptors (Lipinski definition) is 6. The third-order valence-corrected chi connectivity index (χ3v) is 6.13. The van der Waals surface area contributed by atoms with Crippen LogP contribution in [0, 0.1) is 6.92 Å². The Labute approximate surface area is 122 Å². The van der Waals surface area contributed by atoms with Crippen LogP contribution in [0.1, 0.15) is 11.3 Å². The molecule has 0 radical (unpaired) electrons. The molecule has 2 aromatic heterocycles. The fourth-order valence-electron chi connectivity index (χ4n) is 1.77. The average Bonchev–Trinajstić information content (AvgIpc) is 3.01. The molecule has 0 amide bonds. The van der Waals surface area contributed by atoms with Gasteiger partial charge in [-0.15, -0.1) is 11.3 Å². The summed E-state index contributed by atoms with van der Waals surface area (Å²) in [5, 5.41) is 14.5. The predicted octanol–water partition coefficient (Wildman–Crippen LogP) is 1.57. The molecule has 0 aliphatic carbocycles. The molecule has 1 unspecified atom stereocenters. The molecular formula is C13H17NO4S2. The average molecular weight is 315 g/mol. The SMILES string of the molecule is Cc1ccoc1CNCC(O)CS(=O)(=O)c1cccs1. The van der Waals surface area contributed by atoms with Crippen molar-refractivity contribution in [3.05, 3.63) is 41.2 Å². The van der Waals surface area contributed by atoms with E-state index in [9.17, 15) is 13.5 Å². The first-order valence-corrected chi connectivity index (χ1v) is 8.70. The van der Waals surface area contributed by atoms with Gasteiger partial charge in [0, 0.05) is 6.54 Å². The van der Waals surface area contributed by atoms with Crippen LogP contribution in [-0.4, -0.2) is 31.9 Å². The number of aryl methyl sites for hydroxylation is 1. The first-order valence-electron chi connectivity index (χ1n) is 6.17. The van der Waals surface area contributed by atoms with Crippen LogP contribution in [-0.2, 0) is 16.4 Å². The number of thiophene rings is 1. The third-order valence-electron chi connectivity index (χ3n) is 2.85. The highest BCUT2D eigenvalue weighted by molar-refractivity contribution is 7.93. The molecule has 0 saturated carbocycles. The summed E-state index contributed by atoms with van der Waals surface area (Å²) >= 11 is 1.16. The number of nitrogens with one attached hydrogen (secondary N) is 1. The maximum absolute atomic E-state index is 12.0. The van der Waals surface area contributed by atoms with E-state index in [1.807, 2.05) is 13.0 Å². The summed E-state index contributed by atoms with van der Waals surface area (Å²) in [5.41, 5.74) is 1.03. The molecule has 2 aromatic rings. The second-order valence-corrected chi connectivity index (χ2v) is 7.73. The van der Waals surface area contributed by atoms with E-state index in [2.05, 4.69) is 5.32 Å². The van der Waals surface area contributed by atoms with Gasteiger partial charge in [-0.1, -0.05) is 6.07 Å². The maximum atomic E-state index is 12.0. The van der Waals surface area contributed by atoms with Crippen molar-refractivity contribution in [2.24, 2.45) is 0 Å². The summed E-state index contributed by atoms with van der Waals surface area (Å²) in [7, 11) is -3.40. The zero-order valence-electron chi connectivity index (χ0n) is 11.1. The van der Waals surface area contributed by atoms with E-state index < -0.39 is 15.9 Å². The second kappa shape index (κ2) is 6.53. The van der Waals surface area contributed by atoms with Gasteiger partial charge in [0.1, 0.15) is 9.97 Å². The summed E-state index contributed by atoms with van der Waals surface area (Å²) in [6, 6.07) is 5.09. The molecule has 0 aromatic carbocycles. The molecule has 5 nitrogen and oxygen atoms in total. The van der Waals surface area contributed by atoms with Gasteiger partial charge < -0.3 is 14.8 Å². The predicted molar refractivity (Wildman–Crippen MR) is 77.5 cm³/mol. The molecule has 2 heterocycles. The standard InChI is InChI=1S/C13H17NO4S2/c1-10-4-5-18-12(10)8-14-7-11(15)9-20(16,17)13-3-2-6-19-13/h2-6,11,14-15H,7-9H2,1H3. The minimum absolute atomic E-state index is 0.199. The lowest BCUT2D eigenvalue weighted by atomic mass is 10.3. The first kappa shape index (κ1) is 15.2. The molecule has 0 spiro atoms. The molecular weight excluding hydrogens is 298 g/mol. The van der Waals surface area contributed by atoms with Gasteiger partial charge in [-0.05, 0) is 30.0 Å². The van der Waals surface area contributed by atoms with E-state index in [0.717, 1.165) is 22.7 Å². The van der Waals surface area contributed by atoms with E-state index in [4.69, 9.17) is 4.42 Å². The monoisotopic (exact) mass is 315 g/mol. The van der Waals surface area contributed by atoms with Crippen molar-refractivity contribution in [3.8, 4) is 0 Å². The van der Waals surface area contributed by atoms with Crippen molar-refractivity contribution in [3.63, 3.8) is 0 Å². The highest BCUT2D eigenvalue weighted by Gasteiger charge is 2.20. The Morgan fingerprint density at radius 2 is 2.25 bits per heavy atom. The normalized spacial score (nSPS) is 13.5. The molecule has 0 fully saturated rings. The van der Waals surface area contributed by atoms with Crippen LogP contribution in [0.25, 0.3) is 0 Å². The van der Waals surface area contributed by atoms with Gasteiger partial charge in [0.15, 0.2) is 9.84 Å². The second-order valence-electron chi connectivity index (χ2n) is 4.53. The lowest BCUT2D eigenvalue weighted by molar-refractivity contribution is 0.192. The summed E-state index contributed by atoms with van der Waals surface area (Å²) < 4.78 is 29.4. The molecule has 0 aliphatic rings. The summed E-state index contributed by atoms with van der Waals surface area (Å²) in [6.07, 6.45) is 0.654. The van der Waals surface area contributed by atoms with Crippen LogP contribution >= 0.6 is 11.3 Å². The first-order chi connectivity index (χ1) is 9.49. The van der Waals surface area contributed by atoms with Crippen molar-refractivity contribution >= 4 is 21.2 Å². The number of aliphatic hydroxyl groups is 1. The molecule has 7 heteroatoms. The quantitative estimate of drug-likeness (QED) is 0.811. The van der Waals surface area contributed by atoms with Gasteiger partial charge >= 0.3 is 0 Å². The van der Waals surface area contributed by atoms with E-state index >= 15 is 0 Å². The number of hydrogen-bond donors (Lipinski definition) is 2. The number of rotatable bonds is 7. The van der Waals surface area contributed by atoms with Crippen molar-refractivity contribution in [1.82, 2.24) is 5.32 Å². The Bertz CT molecular complexity index is 631. The molecule has 0 aliphatic heterocycles. The van der Waals surface area contributed by atoms with Gasteiger partial charge in [0.25, 0.3) is 0 Å². The molecule has 20 heavy (non-hydrogen) atoms. The summed E-state index contributed by atoms with van der Waals surface area (Å²) in [6.45, 7) is 2.60. The summed E-state index contributed by atoms with van der Waals surface area (Å²) in [4.78, 5) is 0. The smallest absolute Gasteiger partial charge is 0.190 e. The molecule has 0 bridgehead atoms. The fourth-order valence-corrected chi connectivity index (χ4v) is 4.25. The molecule has 2 rings (SSSR count). The Kier molecular flexibility index (Phi) is 4.98. The minimum Gasteiger partial charge on any atom is -0.468 e. The highest BCUT2D eigenvalue weighted by Crippen LogP contribution is 2.18. The van der Waals surface area contributed by atoms with E-state index in [0.29, 0.717) is 10.8 Å². The highest BCUT2D eigenvalue weighted by atomic mass is 32.2. The van der Waals surface area contributed by atoms with E-state index in [-0.39, 0.29) is 12.3 Å². The number of aliphatic hydroxyl groups excluding tert-OH is 1. The third kappa shape index (κ3) is 3.92.